The van der Waals surface area contributed by atoms with Crippen molar-refractivity contribution in [2.24, 2.45) is 5.73 Å². The molecule has 1 amide bonds. The van der Waals surface area contributed by atoms with Gasteiger partial charge in [0.1, 0.15) is 11.4 Å². The number of hydrogen-bond acceptors (Lipinski definition) is 3. The summed E-state index contributed by atoms with van der Waals surface area (Å²) in [6.45, 7) is 5.83. The summed E-state index contributed by atoms with van der Waals surface area (Å²) < 4.78 is 18.7. The number of halogens is 1. The SMILES string of the molecule is CC(C)(C)OC(=O)Nc1cc(CCCN)ccc1F. The van der Waals surface area contributed by atoms with E-state index in [1.54, 1.807) is 32.9 Å². The molecule has 0 aliphatic carbocycles. The summed E-state index contributed by atoms with van der Waals surface area (Å²) in [5.74, 6) is -0.484. The summed E-state index contributed by atoms with van der Waals surface area (Å²) >= 11 is 0. The van der Waals surface area contributed by atoms with Crippen LogP contribution in [-0.2, 0) is 11.2 Å². The van der Waals surface area contributed by atoms with Crippen molar-refractivity contribution in [2.75, 3.05) is 11.9 Å². The van der Waals surface area contributed by atoms with Gasteiger partial charge in [-0.2, -0.15) is 0 Å². The van der Waals surface area contributed by atoms with Crippen molar-refractivity contribution in [2.45, 2.75) is 39.2 Å². The molecule has 5 heteroatoms. The second-order valence-electron chi connectivity index (χ2n) is 5.33. The molecule has 0 unspecified atom stereocenters. The van der Waals surface area contributed by atoms with Gasteiger partial charge in [-0.15, -0.1) is 0 Å². The number of amides is 1. The number of anilines is 1. The van der Waals surface area contributed by atoms with Gasteiger partial charge in [0.2, 0.25) is 0 Å². The van der Waals surface area contributed by atoms with E-state index in [0.29, 0.717) is 6.54 Å². The third-order valence-corrected chi connectivity index (χ3v) is 2.34. The van der Waals surface area contributed by atoms with Gasteiger partial charge in [0, 0.05) is 0 Å². The minimum atomic E-state index is -0.664. The Kier molecular flexibility index (Phi) is 5.30. The largest absolute Gasteiger partial charge is 0.444 e. The number of carbonyl (C=O) groups is 1. The zero-order valence-corrected chi connectivity index (χ0v) is 11.6. The molecule has 0 aromatic heterocycles. The highest BCUT2D eigenvalue weighted by molar-refractivity contribution is 5.85. The van der Waals surface area contributed by atoms with Gasteiger partial charge in [0.15, 0.2) is 0 Å². The molecule has 0 aliphatic rings. The molecule has 1 rings (SSSR count). The average Bonchev–Trinajstić information content (AvgIpc) is 2.27. The van der Waals surface area contributed by atoms with E-state index in [0.717, 1.165) is 18.4 Å². The molecule has 3 N–H and O–H groups in total. The number of ether oxygens (including phenoxy) is 1. The fraction of sp³-hybridized carbons (Fsp3) is 0.500. The second kappa shape index (κ2) is 6.52. The molecule has 1 aromatic rings. The summed E-state index contributed by atoms with van der Waals surface area (Å²) in [4.78, 5) is 11.6. The molecule has 1 aromatic carbocycles. The first kappa shape index (κ1) is 15.4. The zero-order chi connectivity index (χ0) is 14.5. The van der Waals surface area contributed by atoms with Crippen molar-refractivity contribution in [3.63, 3.8) is 0 Å². The number of rotatable bonds is 4. The molecule has 0 aliphatic heterocycles. The van der Waals surface area contributed by atoms with E-state index in [1.165, 1.54) is 6.07 Å². The summed E-state index contributed by atoms with van der Waals surface area (Å²) in [6.07, 6.45) is 0.902. The number of hydrogen-bond donors (Lipinski definition) is 2. The van der Waals surface area contributed by atoms with Crippen LogP contribution >= 0.6 is 0 Å². The van der Waals surface area contributed by atoms with Crippen molar-refractivity contribution >= 4 is 11.8 Å². The topological polar surface area (TPSA) is 64.3 Å². The van der Waals surface area contributed by atoms with Gasteiger partial charge in [-0.1, -0.05) is 6.07 Å². The van der Waals surface area contributed by atoms with Crippen LogP contribution in [0, 0.1) is 5.82 Å². The van der Waals surface area contributed by atoms with E-state index in [2.05, 4.69) is 5.32 Å². The Morgan fingerprint density at radius 2 is 2.11 bits per heavy atom. The van der Waals surface area contributed by atoms with Crippen LogP contribution in [0.3, 0.4) is 0 Å². The van der Waals surface area contributed by atoms with E-state index in [1.807, 2.05) is 0 Å². The number of benzene rings is 1. The number of carbonyl (C=O) groups excluding carboxylic acids is 1. The van der Waals surface area contributed by atoms with E-state index in [4.69, 9.17) is 10.5 Å². The monoisotopic (exact) mass is 268 g/mol. The summed E-state index contributed by atoms with van der Waals surface area (Å²) in [6, 6.07) is 4.62. The van der Waals surface area contributed by atoms with Crippen LogP contribution in [0.5, 0.6) is 0 Å². The Morgan fingerprint density at radius 1 is 1.42 bits per heavy atom. The van der Waals surface area contributed by atoms with Gasteiger partial charge in [-0.3, -0.25) is 5.32 Å². The molecule has 0 spiro atoms. The Hall–Kier alpha value is -1.62. The van der Waals surface area contributed by atoms with Crippen LogP contribution in [0.15, 0.2) is 18.2 Å². The lowest BCUT2D eigenvalue weighted by Crippen LogP contribution is -2.27. The van der Waals surface area contributed by atoms with E-state index >= 15 is 0 Å². The third kappa shape index (κ3) is 5.70. The van der Waals surface area contributed by atoms with E-state index in [-0.39, 0.29) is 5.69 Å². The lowest BCUT2D eigenvalue weighted by atomic mass is 10.1. The fourth-order valence-electron chi connectivity index (χ4n) is 1.54. The molecule has 0 saturated carbocycles. The molecular weight excluding hydrogens is 247 g/mol. The third-order valence-electron chi connectivity index (χ3n) is 2.34. The highest BCUT2D eigenvalue weighted by atomic mass is 19.1. The number of aryl methyl sites for hydroxylation is 1. The fourth-order valence-corrected chi connectivity index (χ4v) is 1.54. The Bertz CT molecular complexity index is 442. The zero-order valence-electron chi connectivity index (χ0n) is 11.6. The van der Waals surface area contributed by atoms with Crippen LogP contribution in [0.25, 0.3) is 0 Å². The summed E-state index contributed by atoms with van der Waals surface area (Å²) in [5, 5.41) is 2.42. The number of nitrogens with one attached hydrogen (secondary N) is 1. The molecule has 0 bridgehead atoms. The predicted octanol–water partition coefficient (Wildman–Crippen LogP) is 3.06. The van der Waals surface area contributed by atoms with Crippen molar-refractivity contribution in [1.29, 1.82) is 0 Å². The normalized spacial score (nSPS) is 11.2. The predicted molar refractivity (Wildman–Crippen MR) is 73.6 cm³/mol. The average molecular weight is 268 g/mol. The maximum Gasteiger partial charge on any atom is 0.412 e. The summed E-state index contributed by atoms with van der Waals surface area (Å²) in [7, 11) is 0. The van der Waals surface area contributed by atoms with Crippen LogP contribution < -0.4 is 11.1 Å². The van der Waals surface area contributed by atoms with Crippen LogP contribution in [-0.4, -0.2) is 18.2 Å². The van der Waals surface area contributed by atoms with Gasteiger partial charge in [-0.25, -0.2) is 9.18 Å². The van der Waals surface area contributed by atoms with Gasteiger partial charge in [0.05, 0.1) is 5.69 Å². The highest BCUT2D eigenvalue weighted by Crippen LogP contribution is 2.18. The van der Waals surface area contributed by atoms with E-state index in [9.17, 15) is 9.18 Å². The molecule has 0 radical (unpaired) electrons. The Morgan fingerprint density at radius 3 is 2.68 bits per heavy atom. The van der Waals surface area contributed by atoms with Crippen molar-refractivity contribution < 1.29 is 13.9 Å². The highest BCUT2D eigenvalue weighted by Gasteiger charge is 2.17. The lowest BCUT2D eigenvalue weighted by Gasteiger charge is -2.20. The Balaban J connectivity index is 2.73. The maximum atomic E-state index is 13.6. The molecule has 0 fully saturated rings. The first-order valence-electron chi connectivity index (χ1n) is 6.30. The quantitative estimate of drug-likeness (QED) is 0.882. The molecule has 4 nitrogen and oxygen atoms in total. The molecule has 106 valence electrons. The molecule has 0 saturated heterocycles. The smallest absolute Gasteiger partial charge is 0.412 e. The molecule has 0 atom stereocenters. The molecule has 19 heavy (non-hydrogen) atoms. The standard InChI is InChI=1S/C14H21FN2O2/c1-14(2,3)19-13(18)17-12-9-10(5-4-8-16)6-7-11(12)15/h6-7,9H,4-5,8,16H2,1-3H3,(H,17,18). The van der Waals surface area contributed by atoms with Crippen LogP contribution in [0.1, 0.15) is 32.8 Å². The van der Waals surface area contributed by atoms with Crippen LogP contribution in [0.2, 0.25) is 0 Å². The van der Waals surface area contributed by atoms with Gasteiger partial charge in [0.25, 0.3) is 0 Å². The first-order valence-corrected chi connectivity index (χ1v) is 6.30. The molecular formula is C14H21FN2O2. The first-order chi connectivity index (χ1) is 8.81. The van der Waals surface area contributed by atoms with Crippen molar-refractivity contribution in [3.8, 4) is 0 Å². The van der Waals surface area contributed by atoms with Gasteiger partial charge < -0.3 is 10.5 Å². The van der Waals surface area contributed by atoms with E-state index < -0.39 is 17.5 Å². The van der Waals surface area contributed by atoms with Gasteiger partial charge >= 0.3 is 6.09 Å². The van der Waals surface area contributed by atoms with Gasteiger partial charge in [-0.05, 0) is 57.9 Å². The minimum absolute atomic E-state index is 0.128. The molecule has 0 heterocycles. The maximum absolute atomic E-state index is 13.6. The number of nitrogens with two attached hydrogens (primary N) is 1. The minimum Gasteiger partial charge on any atom is -0.444 e. The van der Waals surface area contributed by atoms with Crippen LogP contribution in [0.4, 0.5) is 14.9 Å². The van der Waals surface area contributed by atoms with Crippen molar-refractivity contribution in [1.82, 2.24) is 0 Å². The summed E-state index contributed by atoms with van der Waals surface area (Å²) in [5.41, 5.74) is 5.87. The second-order valence-corrected chi connectivity index (χ2v) is 5.33. The lowest BCUT2D eigenvalue weighted by molar-refractivity contribution is 0.0635. The van der Waals surface area contributed by atoms with Crippen molar-refractivity contribution in [3.05, 3.63) is 29.6 Å². The Labute approximate surface area is 113 Å².